The molecule has 3 N–H and O–H groups in total. The van der Waals surface area contributed by atoms with Gasteiger partial charge in [0.15, 0.2) is 0 Å². The number of imide groups is 1. The number of carbonyl (C=O) groups excluding carboxylic acids is 3. The van der Waals surface area contributed by atoms with E-state index in [0.29, 0.717) is 5.56 Å². The maximum absolute atomic E-state index is 12.2. The fourth-order valence-electron chi connectivity index (χ4n) is 1.96. The minimum atomic E-state index is -1.15. The number of hydrogen-bond acceptors (Lipinski definition) is 3. The second kappa shape index (κ2) is 4.14. The minimum Gasteiger partial charge on any atom is -0.368 e. The van der Waals surface area contributed by atoms with E-state index >= 15 is 0 Å². The highest BCUT2D eigenvalue weighted by Gasteiger charge is 2.49. The van der Waals surface area contributed by atoms with Gasteiger partial charge in [0.25, 0.3) is 5.91 Å². The summed E-state index contributed by atoms with van der Waals surface area (Å²) in [5.41, 5.74) is 4.53. The van der Waals surface area contributed by atoms with Gasteiger partial charge in [-0.1, -0.05) is 30.3 Å². The molecule has 1 aromatic rings. The topological polar surface area (TPSA) is 92.5 Å². The molecule has 0 saturated carbocycles. The van der Waals surface area contributed by atoms with Gasteiger partial charge in [-0.2, -0.15) is 0 Å². The van der Waals surface area contributed by atoms with Crippen LogP contribution in [0.15, 0.2) is 30.3 Å². The number of nitrogens with one attached hydrogen (secondary N) is 1. The van der Waals surface area contributed by atoms with E-state index in [-0.39, 0.29) is 0 Å². The number of hydrogen-bond donors (Lipinski definition) is 2. The highest BCUT2D eigenvalue weighted by Crippen LogP contribution is 2.28. The van der Waals surface area contributed by atoms with Gasteiger partial charge in [-0.3, -0.25) is 14.5 Å². The molecule has 1 saturated heterocycles. The van der Waals surface area contributed by atoms with Crippen LogP contribution < -0.4 is 11.1 Å². The quantitative estimate of drug-likeness (QED) is 0.733. The molecule has 0 spiro atoms. The Kier molecular flexibility index (Phi) is 2.78. The lowest BCUT2D eigenvalue weighted by molar-refractivity contribution is -0.134. The van der Waals surface area contributed by atoms with E-state index in [9.17, 15) is 14.4 Å². The average Bonchev–Trinajstić information content (AvgIpc) is 2.55. The van der Waals surface area contributed by atoms with Crippen LogP contribution in [0.4, 0.5) is 4.79 Å². The Balaban J connectivity index is 2.35. The summed E-state index contributed by atoms with van der Waals surface area (Å²) in [6.07, 6.45) is 0. The van der Waals surface area contributed by atoms with Gasteiger partial charge in [0, 0.05) is 0 Å². The number of benzene rings is 1. The van der Waals surface area contributed by atoms with Crippen LogP contribution in [0.2, 0.25) is 0 Å². The zero-order valence-electron chi connectivity index (χ0n) is 9.84. The van der Waals surface area contributed by atoms with E-state index in [1.54, 1.807) is 31.2 Å². The van der Waals surface area contributed by atoms with Gasteiger partial charge in [-0.25, -0.2) is 4.79 Å². The van der Waals surface area contributed by atoms with Crippen LogP contribution in [0.25, 0.3) is 0 Å². The molecular weight excluding hydrogens is 234 g/mol. The first kappa shape index (κ1) is 12.1. The fourth-order valence-corrected chi connectivity index (χ4v) is 1.96. The van der Waals surface area contributed by atoms with Crippen molar-refractivity contribution in [3.05, 3.63) is 35.9 Å². The molecule has 1 fully saturated rings. The lowest BCUT2D eigenvalue weighted by Crippen LogP contribution is -2.42. The summed E-state index contributed by atoms with van der Waals surface area (Å²) in [7, 11) is 0. The standard InChI is InChI=1S/C12H13N3O3/c1-12(8-5-3-2-4-6-8)10(17)15(7-9(13)16)11(18)14-12/h2-6H,7H2,1H3,(H2,13,16)(H,14,18)/t12-/m0/s1. The summed E-state index contributed by atoms with van der Waals surface area (Å²) in [5.74, 6) is -1.20. The van der Waals surface area contributed by atoms with Crippen molar-refractivity contribution < 1.29 is 14.4 Å². The molecule has 1 aliphatic rings. The molecule has 0 bridgehead atoms. The summed E-state index contributed by atoms with van der Waals surface area (Å²) >= 11 is 0. The predicted molar refractivity (Wildman–Crippen MR) is 63.2 cm³/mol. The van der Waals surface area contributed by atoms with E-state index in [2.05, 4.69) is 5.32 Å². The Hall–Kier alpha value is -2.37. The van der Waals surface area contributed by atoms with Crippen LogP contribution in [0.1, 0.15) is 12.5 Å². The second-order valence-corrected chi connectivity index (χ2v) is 4.28. The lowest BCUT2D eigenvalue weighted by atomic mass is 9.92. The van der Waals surface area contributed by atoms with Crippen molar-refractivity contribution in [3.8, 4) is 0 Å². The zero-order valence-corrected chi connectivity index (χ0v) is 9.84. The number of nitrogens with two attached hydrogens (primary N) is 1. The molecule has 6 nitrogen and oxygen atoms in total. The van der Waals surface area contributed by atoms with Crippen LogP contribution in [-0.2, 0) is 15.1 Å². The monoisotopic (exact) mass is 247 g/mol. The lowest BCUT2D eigenvalue weighted by Gasteiger charge is -2.21. The molecule has 1 aliphatic heterocycles. The molecular formula is C12H13N3O3. The van der Waals surface area contributed by atoms with Gasteiger partial charge in [0.1, 0.15) is 12.1 Å². The number of urea groups is 1. The second-order valence-electron chi connectivity index (χ2n) is 4.28. The zero-order chi connectivity index (χ0) is 13.3. The van der Waals surface area contributed by atoms with Gasteiger partial charge in [0.05, 0.1) is 0 Å². The molecule has 2 rings (SSSR count). The third kappa shape index (κ3) is 1.81. The number of amides is 4. The van der Waals surface area contributed by atoms with Crippen LogP contribution in [0, 0.1) is 0 Å². The molecule has 0 radical (unpaired) electrons. The van der Waals surface area contributed by atoms with Crippen molar-refractivity contribution in [2.45, 2.75) is 12.5 Å². The maximum Gasteiger partial charge on any atom is 0.325 e. The molecule has 6 heteroatoms. The third-order valence-corrected chi connectivity index (χ3v) is 2.94. The van der Waals surface area contributed by atoms with Gasteiger partial charge >= 0.3 is 6.03 Å². The van der Waals surface area contributed by atoms with Gasteiger partial charge in [0.2, 0.25) is 5.91 Å². The van der Waals surface area contributed by atoms with Gasteiger partial charge in [-0.15, -0.1) is 0 Å². The minimum absolute atomic E-state index is 0.410. The van der Waals surface area contributed by atoms with Gasteiger partial charge < -0.3 is 11.1 Å². The highest BCUT2D eigenvalue weighted by atomic mass is 16.2. The van der Waals surface area contributed by atoms with Gasteiger partial charge in [-0.05, 0) is 12.5 Å². The first-order chi connectivity index (χ1) is 8.45. The predicted octanol–water partition coefficient (Wildman–Crippen LogP) is -0.0611. The van der Waals surface area contributed by atoms with E-state index < -0.39 is 29.9 Å². The summed E-state index contributed by atoms with van der Waals surface area (Å²) in [4.78, 5) is 35.6. The number of primary amides is 1. The van der Waals surface area contributed by atoms with Crippen molar-refractivity contribution in [1.82, 2.24) is 10.2 Å². The molecule has 1 atom stereocenters. The fraction of sp³-hybridized carbons (Fsp3) is 0.250. The van der Waals surface area contributed by atoms with Crippen LogP contribution in [0.5, 0.6) is 0 Å². The normalized spacial score (nSPS) is 23.1. The van der Waals surface area contributed by atoms with E-state index in [0.717, 1.165) is 4.90 Å². The first-order valence-corrected chi connectivity index (χ1v) is 5.43. The molecule has 18 heavy (non-hydrogen) atoms. The van der Waals surface area contributed by atoms with Crippen molar-refractivity contribution in [3.63, 3.8) is 0 Å². The van der Waals surface area contributed by atoms with Crippen LogP contribution >= 0.6 is 0 Å². The Morgan fingerprint density at radius 2 is 1.94 bits per heavy atom. The third-order valence-electron chi connectivity index (χ3n) is 2.94. The maximum atomic E-state index is 12.2. The van der Waals surface area contributed by atoms with Crippen LogP contribution in [0.3, 0.4) is 0 Å². The molecule has 0 unspecified atom stereocenters. The van der Waals surface area contributed by atoms with Crippen LogP contribution in [-0.4, -0.2) is 29.3 Å². The smallest absolute Gasteiger partial charge is 0.325 e. The summed E-state index contributed by atoms with van der Waals surface area (Å²) in [6, 6.07) is 8.24. The molecule has 4 amide bonds. The summed E-state index contributed by atoms with van der Waals surface area (Å²) < 4.78 is 0. The average molecular weight is 247 g/mol. The van der Waals surface area contributed by atoms with Crippen molar-refractivity contribution in [2.24, 2.45) is 5.73 Å². The van der Waals surface area contributed by atoms with Crippen molar-refractivity contribution >= 4 is 17.8 Å². The van der Waals surface area contributed by atoms with E-state index in [1.165, 1.54) is 0 Å². The Bertz CT molecular complexity index is 515. The SMILES string of the molecule is C[C@@]1(c2ccccc2)NC(=O)N(CC(N)=O)C1=O. The Morgan fingerprint density at radius 3 is 2.50 bits per heavy atom. The number of carbonyl (C=O) groups is 3. The van der Waals surface area contributed by atoms with Crippen molar-refractivity contribution in [1.29, 1.82) is 0 Å². The first-order valence-electron chi connectivity index (χ1n) is 5.43. The molecule has 94 valence electrons. The molecule has 1 heterocycles. The molecule has 1 aromatic carbocycles. The summed E-state index contributed by atoms with van der Waals surface area (Å²) in [6.45, 7) is 1.19. The Morgan fingerprint density at radius 1 is 1.33 bits per heavy atom. The van der Waals surface area contributed by atoms with E-state index in [4.69, 9.17) is 5.73 Å². The molecule has 0 aromatic heterocycles. The summed E-state index contributed by atoms with van der Waals surface area (Å²) in [5, 5.41) is 2.58. The number of rotatable bonds is 3. The highest BCUT2D eigenvalue weighted by molar-refractivity contribution is 6.09. The van der Waals surface area contributed by atoms with E-state index in [1.807, 2.05) is 6.07 Å². The van der Waals surface area contributed by atoms with Crippen molar-refractivity contribution in [2.75, 3.05) is 6.54 Å². The largest absolute Gasteiger partial charge is 0.368 e. The Labute approximate surface area is 104 Å². The number of nitrogens with zero attached hydrogens (tertiary/aromatic N) is 1. The molecule has 0 aliphatic carbocycles.